The lowest BCUT2D eigenvalue weighted by atomic mass is 9.90. The lowest BCUT2D eigenvalue weighted by Gasteiger charge is -2.40. The summed E-state index contributed by atoms with van der Waals surface area (Å²) >= 11 is 0. The highest BCUT2D eigenvalue weighted by Crippen LogP contribution is 2.43. The van der Waals surface area contributed by atoms with Crippen molar-refractivity contribution < 1.29 is 28.2 Å². The molecular formula is C36H49NO6Si. The van der Waals surface area contributed by atoms with Gasteiger partial charge in [-0.25, -0.2) is 4.79 Å². The summed E-state index contributed by atoms with van der Waals surface area (Å²) < 4.78 is 25.4. The number of benzene rings is 2. The van der Waals surface area contributed by atoms with Gasteiger partial charge in [0.05, 0.1) is 29.7 Å². The lowest BCUT2D eigenvalue weighted by molar-refractivity contribution is -0.123. The van der Waals surface area contributed by atoms with Crippen LogP contribution in [0.4, 0.5) is 0 Å². The molecule has 0 unspecified atom stereocenters. The molecule has 7 nitrogen and oxygen atoms in total. The van der Waals surface area contributed by atoms with Crippen LogP contribution in [0, 0.1) is 0 Å². The van der Waals surface area contributed by atoms with E-state index in [0.717, 1.165) is 11.1 Å². The van der Waals surface area contributed by atoms with Crippen LogP contribution in [0.2, 0.25) is 18.1 Å². The number of hydrogen-bond acceptors (Lipinski definition) is 6. The van der Waals surface area contributed by atoms with Crippen LogP contribution in [0.25, 0.3) is 0 Å². The zero-order chi connectivity index (χ0) is 32.0. The van der Waals surface area contributed by atoms with E-state index in [1.165, 1.54) is 0 Å². The maximum atomic E-state index is 13.5. The number of carbonyl (C=O) groups excluding carboxylic acids is 2. The Balaban J connectivity index is 1.56. The topological polar surface area (TPSA) is 83.1 Å². The fraction of sp³-hybridized carbons (Fsp3) is 0.500. The van der Waals surface area contributed by atoms with Crippen molar-refractivity contribution >= 4 is 20.2 Å². The Kier molecular flexibility index (Phi) is 11.1. The second kappa shape index (κ2) is 14.4. The molecule has 2 heterocycles. The van der Waals surface area contributed by atoms with Crippen molar-refractivity contribution in [2.45, 2.75) is 109 Å². The van der Waals surface area contributed by atoms with Crippen molar-refractivity contribution in [3.8, 4) is 0 Å². The molecule has 0 aliphatic carbocycles. The van der Waals surface area contributed by atoms with Crippen LogP contribution >= 0.6 is 0 Å². The molecule has 8 heteroatoms. The lowest BCUT2D eigenvalue weighted by Crippen LogP contribution is -2.47. The molecule has 2 aliphatic rings. The first-order chi connectivity index (χ1) is 20.8. The molecule has 0 radical (unpaired) electrons. The Morgan fingerprint density at radius 1 is 1.09 bits per heavy atom. The normalized spacial score (nSPS) is 27.8. The number of esters is 1. The van der Waals surface area contributed by atoms with E-state index < -0.39 is 20.2 Å². The fourth-order valence-electron chi connectivity index (χ4n) is 5.27. The third-order valence-electron chi connectivity index (χ3n) is 9.16. The van der Waals surface area contributed by atoms with Gasteiger partial charge in [-0.3, -0.25) is 4.79 Å². The van der Waals surface area contributed by atoms with E-state index in [0.29, 0.717) is 24.8 Å². The molecule has 0 saturated carbocycles. The Hall–Kier alpha value is -3.04. The minimum absolute atomic E-state index is 0.00670. The molecule has 5 atom stereocenters. The number of carbonyl (C=O) groups is 2. The second-order valence-electron chi connectivity index (χ2n) is 13.7. The second-order valence-corrected chi connectivity index (χ2v) is 18.4. The zero-order valence-corrected chi connectivity index (χ0v) is 28.3. The van der Waals surface area contributed by atoms with Gasteiger partial charge < -0.3 is 24.0 Å². The zero-order valence-electron chi connectivity index (χ0n) is 27.3. The van der Waals surface area contributed by atoms with Crippen LogP contribution in [-0.4, -0.2) is 50.7 Å². The van der Waals surface area contributed by atoms with Crippen LogP contribution in [0.5, 0.6) is 0 Å². The van der Waals surface area contributed by atoms with E-state index in [2.05, 4.69) is 58.3 Å². The molecule has 1 fully saturated rings. The predicted molar refractivity (Wildman–Crippen MR) is 176 cm³/mol. The maximum absolute atomic E-state index is 13.5. The van der Waals surface area contributed by atoms with Crippen molar-refractivity contribution in [3.63, 3.8) is 0 Å². The fourth-order valence-corrected chi connectivity index (χ4v) is 6.66. The number of ether oxygens (including phenoxy) is 3. The van der Waals surface area contributed by atoms with E-state index >= 15 is 0 Å². The standard InChI is InChI=1S/C36H49NO6Si/c1-26(22-24-40-33(39)27-15-10-8-11-16-27)30-19-14-20-31-36(5,42-34(41-31)28-17-12-9-13-18-28)23-21-29(25-32(38)37-30)43-44(6,7)35(2,3)4/h8-18,20,22,29-31,34H,19,21,23-25H2,1-7H3,(H,37,38)/b20-14+,26-22+/t29-,30+,31+,34+,36-/m1/s1. The van der Waals surface area contributed by atoms with Gasteiger partial charge in [-0.2, -0.15) is 0 Å². The molecule has 1 amide bonds. The maximum Gasteiger partial charge on any atom is 0.338 e. The molecular weight excluding hydrogens is 570 g/mol. The van der Waals surface area contributed by atoms with Gasteiger partial charge in [-0.05, 0) is 69.5 Å². The van der Waals surface area contributed by atoms with Gasteiger partial charge in [0.25, 0.3) is 0 Å². The molecule has 0 aromatic heterocycles. The van der Waals surface area contributed by atoms with Gasteiger partial charge in [-0.1, -0.05) is 87.0 Å². The minimum Gasteiger partial charge on any atom is -0.458 e. The van der Waals surface area contributed by atoms with Gasteiger partial charge in [0.1, 0.15) is 12.7 Å². The Morgan fingerprint density at radius 3 is 2.41 bits per heavy atom. The van der Waals surface area contributed by atoms with Crippen molar-refractivity contribution in [1.29, 1.82) is 0 Å². The van der Waals surface area contributed by atoms with Crippen molar-refractivity contribution in [1.82, 2.24) is 5.32 Å². The molecule has 44 heavy (non-hydrogen) atoms. The summed E-state index contributed by atoms with van der Waals surface area (Å²) in [5, 5.41) is 3.23. The average molecular weight is 620 g/mol. The van der Waals surface area contributed by atoms with Gasteiger partial charge in [0, 0.05) is 5.56 Å². The highest BCUT2D eigenvalue weighted by molar-refractivity contribution is 6.74. The molecule has 1 N–H and O–H groups in total. The van der Waals surface area contributed by atoms with Gasteiger partial charge >= 0.3 is 5.97 Å². The van der Waals surface area contributed by atoms with Crippen LogP contribution in [0.3, 0.4) is 0 Å². The summed E-state index contributed by atoms with van der Waals surface area (Å²) in [7, 11) is -2.16. The Morgan fingerprint density at radius 2 is 1.75 bits per heavy atom. The van der Waals surface area contributed by atoms with Gasteiger partial charge in [-0.15, -0.1) is 0 Å². The first kappa shape index (κ1) is 33.8. The first-order valence-electron chi connectivity index (χ1n) is 15.7. The van der Waals surface area contributed by atoms with Crippen molar-refractivity contribution in [2.75, 3.05) is 6.61 Å². The predicted octanol–water partition coefficient (Wildman–Crippen LogP) is 7.67. The van der Waals surface area contributed by atoms with E-state index in [-0.39, 0.29) is 48.2 Å². The number of nitrogens with one attached hydrogen (secondary N) is 1. The molecule has 2 aliphatic heterocycles. The number of fused-ring (bicyclic) bond motifs is 1. The minimum atomic E-state index is -2.16. The van der Waals surface area contributed by atoms with Crippen molar-refractivity contribution in [3.05, 3.63) is 95.6 Å². The highest BCUT2D eigenvalue weighted by Gasteiger charge is 2.46. The molecule has 4 rings (SSSR count). The van der Waals surface area contributed by atoms with Crippen LogP contribution in [-0.2, 0) is 23.4 Å². The molecule has 0 spiro atoms. The van der Waals surface area contributed by atoms with Crippen LogP contribution < -0.4 is 5.32 Å². The van der Waals surface area contributed by atoms with Gasteiger partial charge in [0.15, 0.2) is 14.6 Å². The molecule has 0 bridgehead atoms. The van der Waals surface area contributed by atoms with Crippen LogP contribution in [0.1, 0.15) is 82.5 Å². The average Bonchev–Trinajstić information content (AvgIpc) is 3.31. The molecule has 2 aromatic rings. The van der Waals surface area contributed by atoms with Crippen molar-refractivity contribution in [2.24, 2.45) is 0 Å². The first-order valence-corrected chi connectivity index (χ1v) is 18.6. The molecule has 238 valence electrons. The number of hydrogen-bond donors (Lipinski definition) is 1. The summed E-state index contributed by atoms with van der Waals surface area (Å²) in [5.41, 5.74) is 1.81. The summed E-state index contributed by atoms with van der Waals surface area (Å²) in [6, 6.07) is 18.6. The molecule has 2 aromatic carbocycles. The van der Waals surface area contributed by atoms with E-state index in [1.54, 1.807) is 24.3 Å². The third-order valence-corrected chi connectivity index (χ3v) is 13.7. The summed E-state index contributed by atoms with van der Waals surface area (Å²) in [5.74, 6) is -0.442. The smallest absolute Gasteiger partial charge is 0.338 e. The van der Waals surface area contributed by atoms with E-state index in [4.69, 9.17) is 18.6 Å². The summed E-state index contributed by atoms with van der Waals surface area (Å²) in [6.07, 6.45) is 7.15. The molecule has 1 saturated heterocycles. The van der Waals surface area contributed by atoms with Gasteiger partial charge in [0.2, 0.25) is 5.91 Å². The number of amides is 1. The summed E-state index contributed by atoms with van der Waals surface area (Å²) in [4.78, 5) is 25.9. The largest absolute Gasteiger partial charge is 0.458 e. The highest BCUT2D eigenvalue weighted by atomic mass is 28.4. The summed E-state index contributed by atoms with van der Waals surface area (Å²) in [6.45, 7) is 15.3. The SMILES string of the molecule is C/C(=C\COC(=O)c1ccccc1)[C@@H]1C/C=C/[C@@H]2O[C@H](c3ccccc3)O[C@]2(C)CC[C@@H](O[Si](C)(C)C(C)(C)C)CC(=O)N1. The van der Waals surface area contributed by atoms with E-state index in [1.807, 2.05) is 49.4 Å². The monoisotopic (exact) mass is 619 g/mol. The number of rotatable bonds is 7. The third kappa shape index (κ3) is 8.78. The Bertz CT molecular complexity index is 1320. The van der Waals surface area contributed by atoms with E-state index in [9.17, 15) is 9.59 Å². The Labute approximate surface area is 264 Å². The quantitative estimate of drug-likeness (QED) is 0.195. The van der Waals surface area contributed by atoms with Crippen LogP contribution in [0.15, 0.2) is 84.5 Å².